The number of esters is 1. The Balaban J connectivity index is 1.79. The van der Waals surface area contributed by atoms with Crippen molar-refractivity contribution in [2.24, 2.45) is 0 Å². The summed E-state index contributed by atoms with van der Waals surface area (Å²) in [6, 6.07) is 0. The van der Waals surface area contributed by atoms with E-state index >= 15 is 0 Å². The second kappa shape index (κ2) is 6.00. The van der Waals surface area contributed by atoms with Crippen LogP contribution in [0.2, 0.25) is 0 Å². The van der Waals surface area contributed by atoms with Gasteiger partial charge in [-0.05, 0) is 25.7 Å². The Morgan fingerprint density at radius 3 is 2.77 bits per heavy atom. The maximum Gasteiger partial charge on any atom is 0.360 e. The van der Waals surface area contributed by atoms with Gasteiger partial charge >= 0.3 is 5.97 Å². The summed E-state index contributed by atoms with van der Waals surface area (Å²) < 4.78 is 36.7. The van der Waals surface area contributed by atoms with Gasteiger partial charge in [0, 0.05) is 19.0 Å². The zero-order valence-electron chi connectivity index (χ0n) is 12.5. The summed E-state index contributed by atoms with van der Waals surface area (Å²) in [5, 5.41) is -0.235. The molecular weight excluding hydrogens is 308 g/mol. The fourth-order valence-electron chi connectivity index (χ4n) is 3.06. The Labute approximate surface area is 129 Å². The van der Waals surface area contributed by atoms with E-state index in [-0.39, 0.29) is 16.9 Å². The van der Waals surface area contributed by atoms with Crippen molar-refractivity contribution in [3.05, 3.63) is 17.8 Å². The molecule has 1 atom stereocenters. The van der Waals surface area contributed by atoms with Gasteiger partial charge in [-0.3, -0.25) is 0 Å². The minimum Gasteiger partial charge on any atom is -0.464 e. The minimum atomic E-state index is -3.23. The lowest BCUT2D eigenvalue weighted by Gasteiger charge is -2.36. The number of piperidine rings is 1. The van der Waals surface area contributed by atoms with Crippen LogP contribution in [0.4, 0.5) is 0 Å². The van der Waals surface area contributed by atoms with Crippen molar-refractivity contribution in [2.45, 2.75) is 43.3 Å². The van der Waals surface area contributed by atoms with Crippen molar-refractivity contribution < 1.29 is 22.4 Å². The molecule has 1 saturated heterocycles. The van der Waals surface area contributed by atoms with E-state index in [1.165, 1.54) is 13.5 Å². The predicted octanol–water partition coefficient (Wildman–Crippen LogP) is 1.52. The summed E-state index contributed by atoms with van der Waals surface area (Å²) in [6.07, 6.45) is 5.21. The Hall–Kier alpha value is -1.41. The molecule has 0 spiro atoms. The molecule has 2 fully saturated rings. The Bertz CT molecular complexity index is 650. The molecule has 22 heavy (non-hydrogen) atoms. The maximum atomic E-state index is 12.5. The molecule has 1 unspecified atom stereocenters. The van der Waals surface area contributed by atoms with E-state index < -0.39 is 16.0 Å². The number of carbonyl (C=O) groups excluding carboxylic acids is 1. The number of methoxy groups -OCH3 is 1. The van der Waals surface area contributed by atoms with Crippen LogP contribution in [0.15, 0.2) is 10.8 Å². The molecule has 122 valence electrons. The molecule has 1 aliphatic heterocycles. The second-order valence-corrected chi connectivity index (χ2v) is 8.06. The van der Waals surface area contributed by atoms with Crippen molar-refractivity contribution in [2.75, 3.05) is 20.2 Å². The number of rotatable bonds is 4. The van der Waals surface area contributed by atoms with E-state index in [0.29, 0.717) is 18.8 Å². The van der Waals surface area contributed by atoms with E-state index in [4.69, 9.17) is 9.15 Å². The molecule has 1 aliphatic carbocycles. The van der Waals surface area contributed by atoms with Gasteiger partial charge in [0.1, 0.15) is 5.76 Å². The molecule has 1 aromatic rings. The molecule has 0 amide bonds. The normalized spacial score (nSPS) is 24.0. The second-order valence-electron chi connectivity index (χ2n) is 5.85. The van der Waals surface area contributed by atoms with Crippen LogP contribution in [0.1, 0.15) is 54.3 Å². The highest BCUT2D eigenvalue weighted by Gasteiger charge is 2.40. The van der Waals surface area contributed by atoms with Crippen LogP contribution >= 0.6 is 0 Å². The third-order valence-corrected chi connectivity index (χ3v) is 6.93. The predicted molar refractivity (Wildman–Crippen MR) is 77.9 cm³/mol. The van der Waals surface area contributed by atoms with Gasteiger partial charge in [0.2, 0.25) is 10.0 Å². The van der Waals surface area contributed by atoms with Gasteiger partial charge in [0.15, 0.2) is 12.1 Å². The Morgan fingerprint density at radius 2 is 2.14 bits per heavy atom. The molecule has 2 heterocycles. The number of nitrogens with zero attached hydrogens (tertiary/aromatic N) is 2. The molecule has 3 rings (SSSR count). The molecule has 7 nitrogen and oxygen atoms in total. The van der Waals surface area contributed by atoms with Crippen LogP contribution < -0.4 is 0 Å². The van der Waals surface area contributed by atoms with Crippen LogP contribution in [0.25, 0.3) is 0 Å². The van der Waals surface area contributed by atoms with E-state index in [1.807, 2.05) is 0 Å². The van der Waals surface area contributed by atoms with Crippen LogP contribution in [-0.4, -0.2) is 49.1 Å². The van der Waals surface area contributed by atoms with Gasteiger partial charge < -0.3 is 9.15 Å². The zero-order chi connectivity index (χ0) is 15.7. The van der Waals surface area contributed by atoms with E-state index in [9.17, 15) is 13.2 Å². The highest BCUT2D eigenvalue weighted by atomic mass is 32.2. The van der Waals surface area contributed by atoms with Crippen LogP contribution in [-0.2, 0) is 14.8 Å². The summed E-state index contributed by atoms with van der Waals surface area (Å²) >= 11 is 0. The van der Waals surface area contributed by atoms with Gasteiger partial charge in [-0.25, -0.2) is 22.5 Å². The summed E-state index contributed by atoms with van der Waals surface area (Å²) in [4.78, 5) is 15.6. The van der Waals surface area contributed by atoms with Crippen molar-refractivity contribution in [3.8, 4) is 0 Å². The van der Waals surface area contributed by atoms with Gasteiger partial charge in [0.05, 0.1) is 12.4 Å². The number of sulfonamides is 1. The number of carbonyl (C=O) groups is 1. The fraction of sp³-hybridized carbons (Fsp3) is 0.714. The van der Waals surface area contributed by atoms with Gasteiger partial charge in [-0.1, -0.05) is 6.42 Å². The monoisotopic (exact) mass is 328 g/mol. The lowest BCUT2D eigenvalue weighted by molar-refractivity contribution is 0.0590. The Kier molecular flexibility index (Phi) is 4.22. The Morgan fingerprint density at radius 1 is 1.36 bits per heavy atom. The number of oxazole rings is 1. The van der Waals surface area contributed by atoms with Crippen LogP contribution in [0, 0.1) is 0 Å². The fourth-order valence-corrected chi connectivity index (χ4v) is 5.18. The zero-order valence-corrected chi connectivity index (χ0v) is 13.3. The van der Waals surface area contributed by atoms with Crippen LogP contribution in [0.5, 0.6) is 0 Å². The summed E-state index contributed by atoms with van der Waals surface area (Å²) in [5.41, 5.74) is 0.149. The summed E-state index contributed by atoms with van der Waals surface area (Å²) in [6.45, 7) is 0.884. The molecular formula is C14H20N2O5S. The molecule has 0 radical (unpaired) electrons. The summed E-state index contributed by atoms with van der Waals surface area (Å²) in [7, 11) is -1.95. The SMILES string of the molecule is COC(=O)c1ncoc1C1CCCN(S(=O)(=O)C2CCC2)C1. The van der Waals surface area contributed by atoms with E-state index in [1.54, 1.807) is 4.31 Å². The molecule has 1 aromatic heterocycles. The average Bonchev–Trinajstić information content (AvgIpc) is 2.93. The standard InChI is InChI=1S/C14H20N2O5S/c1-20-14(17)12-13(21-9-15-12)10-4-3-7-16(8-10)22(18,19)11-5-2-6-11/h9-11H,2-8H2,1H3. The molecule has 0 N–H and O–H groups in total. The quantitative estimate of drug-likeness (QED) is 0.779. The molecule has 2 aliphatic rings. The van der Waals surface area contributed by atoms with E-state index in [0.717, 1.165) is 32.1 Å². The molecule has 1 saturated carbocycles. The van der Waals surface area contributed by atoms with Gasteiger partial charge in [-0.2, -0.15) is 0 Å². The molecule has 8 heteroatoms. The van der Waals surface area contributed by atoms with Crippen LogP contribution in [0.3, 0.4) is 0 Å². The molecule has 0 aromatic carbocycles. The van der Waals surface area contributed by atoms with E-state index in [2.05, 4.69) is 4.98 Å². The largest absolute Gasteiger partial charge is 0.464 e. The van der Waals surface area contributed by atoms with Crippen molar-refractivity contribution in [3.63, 3.8) is 0 Å². The first kappa shape index (κ1) is 15.5. The highest BCUT2D eigenvalue weighted by molar-refractivity contribution is 7.89. The first-order chi connectivity index (χ1) is 10.5. The van der Waals surface area contributed by atoms with Gasteiger partial charge in [0.25, 0.3) is 0 Å². The third kappa shape index (κ3) is 2.65. The number of hydrogen-bond donors (Lipinski definition) is 0. The lowest BCUT2D eigenvalue weighted by atomic mass is 9.95. The first-order valence-corrected chi connectivity index (χ1v) is 9.05. The van der Waals surface area contributed by atoms with Gasteiger partial charge in [-0.15, -0.1) is 0 Å². The molecule has 0 bridgehead atoms. The number of ether oxygens (including phenoxy) is 1. The third-order valence-electron chi connectivity index (χ3n) is 4.56. The van der Waals surface area contributed by atoms with Crippen molar-refractivity contribution in [1.29, 1.82) is 0 Å². The maximum absolute atomic E-state index is 12.5. The highest BCUT2D eigenvalue weighted by Crippen LogP contribution is 2.34. The summed E-state index contributed by atoms with van der Waals surface area (Å²) in [5.74, 6) is -0.275. The number of hydrogen-bond acceptors (Lipinski definition) is 6. The number of aromatic nitrogens is 1. The average molecular weight is 328 g/mol. The first-order valence-electron chi connectivity index (χ1n) is 7.54. The lowest BCUT2D eigenvalue weighted by Crippen LogP contribution is -2.46. The minimum absolute atomic E-state index is 0.149. The van der Waals surface area contributed by atoms with Crippen molar-refractivity contribution >= 4 is 16.0 Å². The van der Waals surface area contributed by atoms with Crippen molar-refractivity contribution in [1.82, 2.24) is 9.29 Å². The smallest absolute Gasteiger partial charge is 0.360 e. The topological polar surface area (TPSA) is 89.7 Å².